The summed E-state index contributed by atoms with van der Waals surface area (Å²) in [6.45, 7) is 0.387. The van der Waals surface area contributed by atoms with Gasteiger partial charge in [0.1, 0.15) is 17.2 Å². The molecule has 0 bridgehead atoms. The molecule has 0 amide bonds. The van der Waals surface area contributed by atoms with Crippen LogP contribution in [0.2, 0.25) is 5.02 Å². The van der Waals surface area contributed by atoms with E-state index in [1.807, 2.05) is 83.4 Å². The quantitative estimate of drug-likeness (QED) is 0.391. The molecule has 0 aliphatic heterocycles. The largest absolute Gasteiger partial charge is 0.294 e. The minimum atomic E-state index is -0.158. The fourth-order valence-electron chi connectivity index (χ4n) is 3.99. The van der Waals surface area contributed by atoms with Crippen LogP contribution in [0.25, 0.3) is 38.9 Å². The third-order valence-electron chi connectivity index (χ3n) is 5.51. The average molecular weight is 438 g/mol. The Morgan fingerprint density at radius 3 is 2.22 bits per heavy atom. The first-order chi connectivity index (χ1) is 15.7. The van der Waals surface area contributed by atoms with Gasteiger partial charge in [0.05, 0.1) is 17.6 Å². The van der Waals surface area contributed by atoms with Gasteiger partial charge in [0.25, 0.3) is 5.56 Å². The highest BCUT2D eigenvalue weighted by Gasteiger charge is 2.20. The number of para-hydroxylation sites is 3. The van der Waals surface area contributed by atoms with E-state index < -0.39 is 0 Å². The topological polar surface area (TPSA) is 65.6 Å². The van der Waals surface area contributed by atoms with Crippen molar-refractivity contribution in [1.29, 1.82) is 0 Å². The molecular weight excluding hydrogens is 422 g/mol. The Morgan fingerprint density at radius 2 is 1.47 bits per heavy atom. The van der Waals surface area contributed by atoms with E-state index in [1.165, 1.54) is 0 Å². The third kappa shape index (κ3) is 2.96. The van der Waals surface area contributed by atoms with Crippen LogP contribution in [-0.2, 0) is 6.54 Å². The maximum absolute atomic E-state index is 13.6. The molecule has 32 heavy (non-hydrogen) atoms. The lowest BCUT2D eigenvalue weighted by Gasteiger charge is -2.08. The van der Waals surface area contributed by atoms with Gasteiger partial charge in [0.2, 0.25) is 0 Å². The van der Waals surface area contributed by atoms with E-state index in [1.54, 1.807) is 10.9 Å². The molecule has 0 saturated carbocycles. The monoisotopic (exact) mass is 437 g/mol. The summed E-state index contributed by atoms with van der Waals surface area (Å²) >= 11 is 6.00. The molecule has 6 aromatic rings. The smallest absolute Gasteiger partial charge is 0.265 e. The van der Waals surface area contributed by atoms with Crippen LogP contribution in [-0.4, -0.2) is 24.1 Å². The van der Waals surface area contributed by atoms with Crippen molar-refractivity contribution in [1.82, 2.24) is 24.1 Å². The molecule has 0 N–H and O–H groups in total. The first-order valence-electron chi connectivity index (χ1n) is 10.2. The van der Waals surface area contributed by atoms with Gasteiger partial charge in [-0.3, -0.25) is 13.9 Å². The standard InChI is InChI=1S/C25H16ClN5O/c26-17-12-10-16(11-13-17)14-30-15-27-23-21(25(30)32)22-24(31(23)18-6-2-1-3-7-18)29-20-9-5-4-8-19(20)28-22/h1-13,15H,14H2. The summed E-state index contributed by atoms with van der Waals surface area (Å²) in [6, 6.07) is 24.9. The fraction of sp³-hybridized carbons (Fsp3) is 0.0400. The molecule has 0 radical (unpaired) electrons. The number of rotatable bonds is 3. The molecule has 6 nitrogen and oxygen atoms in total. The van der Waals surface area contributed by atoms with Crippen molar-refractivity contribution in [2.24, 2.45) is 0 Å². The van der Waals surface area contributed by atoms with Crippen LogP contribution in [0.5, 0.6) is 0 Å². The molecule has 0 atom stereocenters. The predicted octanol–water partition coefficient (Wildman–Crippen LogP) is 4.99. The van der Waals surface area contributed by atoms with Crippen LogP contribution in [0.4, 0.5) is 0 Å². The minimum Gasteiger partial charge on any atom is -0.294 e. The Hall–Kier alpha value is -4.03. The first kappa shape index (κ1) is 18.7. The lowest BCUT2D eigenvalue weighted by molar-refractivity contribution is 0.747. The number of aromatic nitrogens is 5. The zero-order valence-electron chi connectivity index (χ0n) is 16.8. The third-order valence-corrected chi connectivity index (χ3v) is 5.76. The number of hydrogen-bond acceptors (Lipinski definition) is 4. The number of fused-ring (bicyclic) bond motifs is 4. The van der Waals surface area contributed by atoms with Crippen LogP contribution in [0.1, 0.15) is 5.56 Å². The Morgan fingerprint density at radius 1 is 0.781 bits per heavy atom. The Kier molecular flexibility index (Phi) is 4.26. The van der Waals surface area contributed by atoms with E-state index >= 15 is 0 Å². The van der Waals surface area contributed by atoms with E-state index in [0.717, 1.165) is 22.3 Å². The molecule has 3 heterocycles. The molecule has 0 aliphatic rings. The summed E-state index contributed by atoms with van der Waals surface area (Å²) < 4.78 is 3.50. The summed E-state index contributed by atoms with van der Waals surface area (Å²) in [4.78, 5) is 28.0. The number of halogens is 1. The van der Waals surface area contributed by atoms with Gasteiger partial charge in [-0.15, -0.1) is 0 Å². The fourth-order valence-corrected chi connectivity index (χ4v) is 4.12. The summed E-state index contributed by atoms with van der Waals surface area (Å²) in [7, 11) is 0. The Bertz CT molecular complexity index is 1670. The second-order valence-corrected chi connectivity index (χ2v) is 7.99. The molecular formula is C25H16ClN5O. The second kappa shape index (κ2) is 7.28. The highest BCUT2D eigenvalue weighted by Crippen LogP contribution is 2.28. The van der Waals surface area contributed by atoms with Crippen molar-refractivity contribution in [2.75, 3.05) is 0 Å². The van der Waals surface area contributed by atoms with Crippen LogP contribution < -0.4 is 5.56 Å². The minimum absolute atomic E-state index is 0.158. The predicted molar refractivity (Wildman–Crippen MR) is 126 cm³/mol. The summed E-state index contributed by atoms with van der Waals surface area (Å²) in [5, 5.41) is 1.11. The Balaban J connectivity index is 1.67. The van der Waals surface area contributed by atoms with E-state index in [9.17, 15) is 4.79 Å². The molecule has 0 spiro atoms. The number of hydrogen-bond donors (Lipinski definition) is 0. The maximum atomic E-state index is 13.6. The van der Waals surface area contributed by atoms with Crippen LogP contribution >= 0.6 is 11.6 Å². The molecule has 154 valence electrons. The summed E-state index contributed by atoms with van der Waals surface area (Å²) in [5.41, 5.74) is 4.87. The van der Waals surface area contributed by atoms with Gasteiger partial charge < -0.3 is 0 Å². The second-order valence-electron chi connectivity index (χ2n) is 7.56. The molecule has 0 saturated heterocycles. The van der Waals surface area contributed by atoms with Crippen molar-refractivity contribution in [3.63, 3.8) is 0 Å². The van der Waals surface area contributed by atoms with Gasteiger partial charge in [-0.2, -0.15) is 0 Å². The van der Waals surface area contributed by atoms with Gasteiger partial charge in [0, 0.05) is 10.7 Å². The van der Waals surface area contributed by atoms with E-state index in [2.05, 4.69) is 4.98 Å². The molecule has 3 aromatic heterocycles. The molecule has 0 unspecified atom stereocenters. The van der Waals surface area contributed by atoms with Gasteiger partial charge in [-0.1, -0.05) is 54.1 Å². The van der Waals surface area contributed by atoms with Gasteiger partial charge >= 0.3 is 0 Å². The van der Waals surface area contributed by atoms with Gasteiger partial charge in [-0.05, 0) is 42.0 Å². The van der Waals surface area contributed by atoms with Crippen LogP contribution in [0.15, 0.2) is 90.0 Å². The van der Waals surface area contributed by atoms with Crippen molar-refractivity contribution in [3.05, 3.63) is 106 Å². The zero-order valence-corrected chi connectivity index (χ0v) is 17.6. The molecule has 3 aromatic carbocycles. The van der Waals surface area contributed by atoms with Gasteiger partial charge in [-0.25, -0.2) is 15.0 Å². The number of nitrogens with zero attached hydrogens (tertiary/aromatic N) is 5. The molecule has 7 heteroatoms. The summed E-state index contributed by atoms with van der Waals surface area (Å²) in [6.07, 6.45) is 1.58. The van der Waals surface area contributed by atoms with Gasteiger partial charge in [0.15, 0.2) is 11.3 Å². The highest BCUT2D eigenvalue weighted by atomic mass is 35.5. The Labute approximate surface area is 187 Å². The highest BCUT2D eigenvalue weighted by molar-refractivity contribution is 6.30. The van der Waals surface area contributed by atoms with Crippen molar-refractivity contribution < 1.29 is 0 Å². The lowest BCUT2D eigenvalue weighted by atomic mass is 10.2. The molecule has 0 fully saturated rings. The molecule has 0 aliphatic carbocycles. The van der Waals surface area contributed by atoms with Crippen LogP contribution in [0, 0.1) is 0 Å². The van der Waals surface area contributed by atoms with Crippen LogP contribution in [0.3, 0.4) is 0 Å². The van der Waals surface area contributed by atoms with E-state index in [0.29, 0.717) is 33.8 Å². The SMILES string of the molecule is O=c1c2c3nc4ccccc4nc3n(-c3ccccc3)c2ncn1Cc1ccc(Cl)cc1. The summed E-state index contributed by atoms with van der Waals surface area (Å²) in [5.74, 6) is 0. The van der Waals surface area contributed by atoms with Crippen molar-refractivity contribution in [2.45, 2.75) is 6.54 Å². The van der Waals surface area contributed by atoms with E-state index in [4.69, 9.17) is 21.6 Å². The van der Waals surface area contributed by atoms with Crippen molar-refractivity contribution in [3.8, 4) is 5.69 Å². The van der Waals surface area contributed by atoms with Crippen molar-refractivity contribution >= 4 is 44.8 Å². The number of benzene rings is 3. The first-order valence-corrected chi connectivity index (χ1v) is 10.5. The normalized spacial score (nSPS) is 11.5. The molecule has 6 rings (SSSR count). The van der Waals surface area contributed by atoms with E-state index in [-0.39, 0.29) is 5.56 Å². The lowest BCUT2D eigenvalue weighted by Crippen LogP contribution is -2.21. The zero-order chi connectivity index (χ0) is 21.7. The average Bonchev–Trinajstić information content (AvgIpc) is 3.15. The maximum Gasteiger partial charge on any atom is 0.265 e.